The second-order valence-electron chi connectivity index (χ2n) is 4.42. The van der Waals surface area contributed by atoms with Gasteiger partial charge in [0, 0.05) is 12.1 Å². The van der Waals surface area contributed by atoms with Crippen molar-refractivity contribution >= 4 is 11.6 Å². The van der Waals surface area contributed by atoms with Gasteiger partial charge in [0.05, 0.1) is 5.69 Å². The zero-order valence-corrected chi connectivity index (χ0v) is 12.2. The molecule has 1 heterocycles. The van der Waals surface area contributed by atoms with E-state index in [2.05, 4.69) is 17.0 Å². The van der Waals surface area contributed by atoms with Crippen molar-refractivity contribution in [3.8, 4) is 5.69 Å². The molecule has 19 heavy (non-hydrogen) atoms. The summed E-state index contributed by atoms with van der Waals surface area (Å²) in [6.45, 7) is 4.01. The van der Waals surface area contributed by atoms with E-state index in [0.29, 0.717) is 5.02 Å². The van der Waals surface area contributed by atoms with Crippen molar-refractivity contribution in [1.82, 2.24) is 14.8 Å². The largest absolute Gasteiger partial charge is 0.373 e. The van der Waals surface area contributed by atoms with E-state index in [1.54, 1.807) is 7.11 Å². The van der Waals surface area contributed by atoms with Gasteiger partial charge in [0.25, 0.3) is 0 Å². The van der Waals surface area contributed by atoms with Crippen molar-refractivity contribution < 1.29 is 4.74 Å². The standard InChI is InChI=1S/C14H18ClN3O/c1-4-5-13(19-3)14-16-10(2)17-18(14)12-8-6-11(15)7-9-12/h6-9,13H,4-5H2,1-3H3. The summed E-state index contributed by atoms with van der Waals surface area (Å²) in [7, 11) is 1.70. The SMILES string of the molecule is CCCC(OC)c1nc(C)nn1-c1ccc(Cl)cc1. The monoisotopic (exact) mass is 279 g/mol. The van der Waals surface area contributed by atoms with E-state index in [-0.39, 0.29) is 6.10 Å². The molecule has 4 nitrogen and oxygen atoms in total. The smallest absolute Gasteiger partial charge is 0.161 e. The minimum atomic E-state index is -0.0399. The van der Waals surface area contributed by atoms with Crippen LogP contribution >= 0.6 is 11.6 Å². The Kier molecular flexibility index (Phi) is 4.56. The molecule has 0 aliphatic rings. The molecule has 5 heteroatoms. The lowest BCUT2D eigenvalue weighted by molar-refractivity contribution is 0.0858. The molecule has 1 aromatic heterocycles. The van der Waals surface area contributed by atoms with Crippen LogP contribution in [0.2, 0.25) is 5.02 Å². The minimum Gasteiger partial charge on any atom is -0.373 e. The summed E-state index contributed by atoms with van der Waals surface area (Å²) in [5.41, 5.74) is 0.943. The molecule has 1 atom stereocenters. The van der Waals surface area contributed by atoms with Gasteiger partial charge in [-0.15, -0.1) is 0 Å². The van der Waals surface area contributed by atoms with Gasteiger partial charge in [-0.05, 0) is 37.6 Å². The number of benzene rings is 1. The van der Waals surface area contributed by atoms with Gasteiger partial charge in [-0.2, -0.15) is 5.10 Å². The fourth-order valence-electron chi connectivity index (χ4n) is 2.03. The zero-order chi connectivity index (χ0) is 13.8. The van der Waals surface area contributed by atoms with Crippen LogP contribution < -0.4 is 0 Å². The van der Waals surface area contributed by atoms with E-state index in [1.807, 2.05) is 35.9 Å². The van der Waals surface area contributed by atoms with Crippen molar-refractivity contribution in [2.75, 3.05) is 7.11 Å². The summed E-state index contributed by atoms with van der Waals surface area (Å²) in [5.74, 6) is 1.58. The van der Waals surface area contributed by atoms with Crippen LogP contribution in [0.3, 0.4) is 0 Å². The number of ether oxygens (including phenoxy) is 1. The van der Waals surface area contributed by atoms with Crippen LogP contribution in [0.4, 0.5) is 0 Å². The molecule has 0 radical (unpaired) electrons. The first-order chi connectivity index (χ1) is 9.15. The van der Waals surface area contributed by atoms with Crippen molar-refractivity contribution in [3.63, 3.8) is 0 Å². The first kappa shape index (κ1) is 14.0. The van der Waals surface area contributed by atoms with Crippen LogP contribution in [0, 0.1) is 6.92 Å². The predicted molar refractivity (Wildman–Crippen MR) is 75.8 cm³/mol. The molecule has 0 aliphatic heterocycles. The minimum absolute atomic E-state index is 0.0399. The number of rotatable bonds is 5. The molecule has 2 aromatic rings. The summed E-state index contributed by atoms with van der Waals surface area (Å²) in [6.07, 6.45) is 1.91. The highest BCUT2D eigenvalue weighted by Gasteiger charge is 2.19. The van der Waals surface area contributed by atoms with Crippen LogP contribution in [0.25, 0.3) is 5.69 Å². The van der Waals surface area contributed by atoms with Gasteiger partial charge in [-0.3, -0.25) is 0 Å². The Labute approximate surface area is 118 Å². The first-order valence-electron chi connectivity index (χ1n) is 6.38. The summed E-state index contributed by atoms with van der Waals surface area (Å²) in [5, 5.41) is 5.15. The number of nitrogens with zero attached hydrogens (tertiary/aromatic N) is 3. The third-order valence-corrected chi connectivity index (χ3v) is 3.18. The molecule has 0 bridgehead atoms. The van der Waals surface area contributed by atoms with E-state index in [0.717, 1.165) is 30.2 Å². The highest BCUT2D eigenvalue weighted by molar-refractivity contribution is 6.30. The van der Waals surface area contributed by atoms with E-state index < -0.39 is 0 Å². The second-order valence-corrected chi connectivity index (χ2v) is 4.85. The summed E-state index contributed by atoms with van der Waals surface area (Å²) >= 11 is 5.91. The molecule has 0 saturated carbocycles. The molecule has 0 fully saturated rings. The maximum absolute atomic E-state index is 5.91. The van der Waals surface area contributed by atoms with Crippen LogP contribution in [-0.2, 0) is 4.74 Å². The van der Waals surface area contributed by atoms with Crippen molar-refractivity contribution in [2.45, 2.75) is 32.8 Å². The lowest BCUT2D eigenvalue weighted by Gasteiger charge is -2.14. The predicted octanol–water partition coefficient (Wildman–Crippen LogP) is 3.72. The Bertz CT molecular complexity index is 536. The maximum Gasteiger partial charge on any atom is 0.161 e. The molecule has 0 aliphatic carbocycles. The summed E-state index contributed by atoms with van der Waals surface area (Å²) in [6, 6.07) is 7.55. The molecule has 1 aromatic carbocycles. The van der Waals surface area contributed by atoms with E-state index in [4.69, 9.17) is 16.3 Å². The van der Waals surface area contributed by atoms with Gasteiger partial charge in [-0.1, -0.05) is 24.9 Å². The first-order valence-corrected chi connectivity index (χ1v) is 6.75. The normalized spacial score (nSPS) is 12.6. The molecule has 0 saturated heterocycles. The number of methoxy groups -OCH3 is 1. The van der Waals surface area contributed by atoms with E-state index in [1.165, 1.54) is 0 Å². The van der Waals surface area contributed by atoms with Gasteiger partial charge in [0.1, 0.15) is 11.9 Å². The molecule has 0 amide bonds. The Morgan fingerprint density at radius 1 is 1.32 bits per heavy atom. The molecular weight excluding hydrogens is 262 g/mol. The van der Waals surface area contributed by atoms with Crippen molar-refractivity contribution in [2.24, 2.45) is 0 Å². The van der Waals surface area contributed by atoms with Gasteiger partial charge in [-0.25, -0.2) is 9.67 Å². The number of aryl methyl sites for hydroxylation is 1. The fourth-order valence-corrected chi connectivity index (χ4v) is 2.15. The molecule has 102 valence electrons. The van der Waals surface area contributed by atoms with Crippen LogP contribution in [-0.4, -0.2) is 21.9 Å². The van der Waals surface area contributed by atoms with Gasteiger partial charge in [0.15, 0.2) is 5.82 Å². The summed E-state index contributed by atoms with van der Waals surface area (Å²) in [4.78, 5) is 4.49. The Hall–Kier alpha value is -1.39. The Balaban J connectivity index is 2.42. The highest BCUT2D eigenvalue weighted by Crippen LogP contribution is 2.23. The topological polar surface area (TPSA) is 39.9 Å². The van der Waals surface area contributed by atoms with Crippen LogP contribution in [0.5, 0.6) is 0 Å². The highest BCUT2D eigenvalue weighted by atomic mass is 35.5. The molecular formula is C14H18ClN3O. The van der Waals surface area contributed by atoms with Gasteiger partial charge >= 0.3 is 0 Å². The third-order valence-electron chi connectivity index (χ3n) is 2.93. The number of halogens is 1. The quantitative estimate of drug-likeness (QED) is 0.837. The van der Waals surface area contributed by atoms with Crippen LogP contribution in [0.15, 0.2) is 24.3 Å². The number of aromatic nitrogens is 3. The maximum atomic E-state index is 5.91. The lowest BCUT2D eigenvalue weighted by atomic mass is 10.2. The van der Waals surface area contributed by atoms with Crippen LogP contribution in [0.1, 0.15) is 37.5 Å². The van der Waals surface area contributed by atoms with Crippen molar-refractivity contribution in [3.05, 3.63) is 40.9 Å². The Morgan fingerprint density at radius 3 is 2.58 bits per heavy atom. The molecule has 1 unspecified atom stereocenters. The van der Waals surface area contributed by atoms with Crippen molar-refractivity contribution in [1.29, 1.82) is 0 Å². The van der Waals surface area contributed by atoms with E-state index >= 15 is 0 Å². The number of hydrogen-bond acceptors (Lipinski definition) is 3. The molecule has 2 rings (SSSR count). The average Bonchev–Trinajstić information content (AvgIpc) is 2.79. The molecule has 0 N–H and O–H groups in total. The average molecular weight is 280 g/mol. The lowest BCUT2D eigenvalue weighted by Crippen LogP contribution is -2.10. The Morgan fingerprint density at radius 2 is 2.00 bits per heavy atom. The van der Waals surface area contributed by atoms with Gasteiger partial charge < -0.3 is 4.74 Å². The third kappa shape index (κ3) is 3.14. The summed E-state index contributed by atoms with van der Waals surface area (Å²) < 4.78 is 7.36. The fraction of sp³-hybridized carbons (Fsp3) is 0.429. The van der Waals surface area contributed by atoms with Gasteiger partial charge in [0.2, 0.25) is 0 Å². The second kappa shape index (κ2) is 6.17. The number of hydrogen-bond donors (Lipinski definition) is 0. The molecule has 0 spiro atoms. The van der Waals surface area contributed by atoms with E-state index in [9.17, 15) is 0 Å². The zero-order valence-electron chi connectivity index (χ0n) is 11.4.